The van der Waals surface area contributed by atoms with Gasteiger partial charge in [0, 0.05) is 20.5 Å². The summed E-state index contributed by atoms with van der Waals surface area (Å²) in [5.74, 6) is -0.564. The molecule has 12 heteroatoms. The number of thiazole rings is 1. The molecule has 216 valence electrons. The van der Waals surface area contributed by atoms with Crippen molar-refractivity contribution in [2.75, 3.05) is 19.8 Å². The first-order valence-electron chi connectivity index (χ1n) is 12.9. The predicted molar refractivity (Wildman–Crippen MR) is 174 cm³/mol. The van der Waals surface area contributed by atoms with Crippen molar-refractivity contribution in [1.29, 1.82) is 0 Å². The number of aromatic nitrogens is 1. The highest BCUT2D eigenvalue weighted by Crippen LogP contribution is 2.37. The van der Waals surface area contributed by atoms with E-state index in [1.807, 2.05) is 60.0 Å². The molecule has 3 heterocycles. The number of carbonyl (C=O) groups is 2. The van der Waals surface area contributed by atoms with Crippen molar-refractivity contribution in [3.63, 3.8) is 0 Å². The van der Waals surface area contributed by atoms with Gasteiger partial charge in [0.25, 0.3) is 5.56 Å². The minimum atomic E-state index is -0.722. The molecular formula is C30H24BrIN2O6S2. The minimum absolute atomic E-state index is 0.183. The van der Waals surface area contributed by atoms with Crippen LogP contribution in [0.5, 0.6) is 5.75 Å². The Kier molecular flexibility index (Phi) is 9.76. The second-order valence-corrected chi connectivity index (χ2v) is 12.9. The molecule has 0 saturated heterocycles. The summed E-state index contributed by atoms with van der Waals surface area (Å²) in [5, 5.41) is 1.91. The second kappa shape index (κ2) is 13.5. The third-order valence-electron chi connectivity index (χ3n) is 6.15. The Bertz CT molecular complexity index is 1850. The first kappa shape index (κ1) is 30.4. The SMILES string of the molecule is CCOC(=O)COc1c(I)cc(Br)cc1/C=c1\sc2n(c1=O)[C@@H](c1cccs1)C(C(=O)OCC)=C(c1ccccc1)N=2. The first-order chi connectivity index (χ1) is 20.3. The molecule has 0 N–H and O–H groups in total. The van der Waals surface area contributed by atoms with Crippen LogP contribution in [0.25, 0.3) is 11.8 Å². The van der Waals surface area contributed by atoms with Crippen LogP contribution in [0.3, 0.4) is 0 Å². The molecule has 8 nitrogen and oxygen atoms in total. The predicted octanol–water partition coefficient (Wildman–Crippen LogP) is 5.31. The molecule has 0 spiro atoms. The topological polar surface area (TPSA) is 96.2 Å². The Morgan fingerprint density at radius 3 is 2.55 bits per heavy atom. The van der Waals surface area contributed by atoms with Gasteiger partial charge in [0.1, 0.15) is 11.8 Å². The summed E-state index contributed by atoms with van der Waals surface area (Å²) in [6.07, 6.45) is 1.72. The van der Waals surface area contributed by atoms with Gasteiger partial charge < -0.3 is 14.2 Å². The molecule has 5 rings (SSSR count). The largest absolute Gasteiger partial charge is 0.480 e. The van der Waals surface area contributed by atoms with Gasteiger partial charge in [0.05, 0.1) is 32.6 Å². The third kappa shape index (κ3) is 6.31. The molecule has 2 aromatic heterocycles. The number of hydrogen-bond acceptors (Lipinski definition) is 9. The zero-order valence-electron chi connectivity index (χ0n) is 22.5. The summed E-state index contributed by atoms with van der Waals surface area (Å²) in [4.78, 5) is 45.7. The van der Waals surface area contributed by atoms with Gasteiger partial charge >= 0.3 is 11.9 Å². The van der Waals surface area contributed by atoms with Crippen molar-refractivity contribution < 1.29 is 23.8 Å². The van der Waals surface area contributed by atoms with Gasteiger partial charge in [0.15, 0.2) is 11.4 Å². The number of nitrogens with zero attached hydrogens (tertiary/aromatic N) is 2. The van der Waals surface area contributed by atoms with Crippen LogP contribution in [0.4, 0.5) is 0 Å². The molecule has 1 aliphatic heterocycles. The van der Waals surface area contributed by atoms with Crippen molar-refractivity contribution in [3.8, 4) is 5.75 Å². The number of ether oxygens (including phenoxy) is 3. The fraction of sp³-hybridized carbons (Fsp3) is 0.200. The summed E-state index contributed by atoms with van der Waals surface area (Å²) in [5.41, 5.74) is 1.81. The number of thiophene rings is 1. The number of fused-ring (bicyclic) bond motifs is 1. The number of hydrogen-bond donors (Lipinski definition) is 0. The summed E-state index contributed by atoms with van der Waals surface area (Å²) < 4.78 is 19.8. The standard InChI is InChI=1S/C30H24BrIN2O6S2/c1-3-38-23(35)16-40-27-18(13-19(31)15-20(27)32)14-22-28(36)34-26(21-11-8-12-41-21)24(29(37)39-4-2)25(33-30(34)42-22)17-9-6-5-7-10-17/h5-15,26H,3-4,16H2,1-2H3/b22-14-/t26-/m0/s1. The molecule has 1 atom stereocenters. The van der Waals surface area contributed by atoms with Gasteiger partial charge in [-0.25, -0.2) is 14.6 Å². The van der Waals surface area contributed by atoms with E-state index in [9.17, 15) is 14.4 Å². The molecule has 42 heavy (non-hydrogen) atoms. The van der Waals surface area contributed by atoms with E-state index in [1.165, 1.54) is 22.7 Å². The monoisotopic (exact) mass is 778 g/mol. The van der Waals surface area contributed by atoms with E-state index in [2.05, 4.69) is 38.5 Å². The van der Waals surface area contributed by atoms with Crippen LogP contribution < -0.4 is 19.6 Å². The van der Waals surface area contributed by atoms with Crippen LogP contribution in [-0.2, 0) is 19.1 Å². The van der Waals surface area contributed by atoms with Gasteiger partial charge in [-0.1, -0.05) is 63.7 Å². The highest BCUT2D eigenvalue weighted by atomic mass is 127. The minimum Gasteiger partial charge on any atom is -0.480 e. The van der Waals surface area contributed by atoms with Crippen molar-refractivity contribution in [1.82, 2.24) is 4.57 Å². The number of benzene rings is 2. The quantitative estimate of drug-likeness (QED) is 0.169. The lowest BCUT2D eigenvalue weighted by molar-refractivity contribution is -0.145. The van der Waals surface area contributed by atoms with Crippen molar-refractivity contribution >= 4 is 84.9 Å². The zero-order valence-corrected chi connectivity index (χ0v) is 27.8. The maximum Gasteiger partial charge on any atom is 0.344 e. The van der Waals surface area contributed by atoms with Crippen LogP contribution in [0, 0.1) is 3.57 Å². The van der Waals surface area contributed by atoms with E-state index in [1.54, 1.807) is 24.5 Å². The summed E-state index contributed by atoms with van der Waals surface area (Å²) >= 11 is 8.31. The lowest BCUT2D eigenvalue weighted by Gasteiger charge is -2.24. The molecule has 0 bridgehead atoms. The van der Waals surface area contributed by atoms with Gasteiger partial charge in [-0.2, -0.15) is 0 Å². The Hall–Kier alpha value is -3.07. The van der Waals surface area contributed by atoms with E-state index < -0.39 is 18.0 Å². The molecule has 4 aromatic rings. The molecule has 2 aromatic carbocycles. The number of halogens is 2. The molecule has 0 fully saturated rings. The maximum absolute atomic E-state index is 14.1. The molecule has 1 aliphatic rings. The highest BCUT2D eigenvalue weighted by Gasteiger charge is 2.35. The second-order valence-electron chi connectivity index (χ2n) is 8.85. The van der Waals surface area contributed by atoms with Crippen LogP contribution in [-0.4, -0.2) is 36.3 Å². The molecule has 0 radical (unpaired) electrons. The highest BCUT2D eigenvalue weighted by molar-refractivity contribution is 14.1. The third-order valence-corrected chi connectivity index (χ3v) is 9.32. The number of esters is 2. The zero-order chi connectivity index (χ0) is 29.8. The van der Waals surface area contributed by atoms with Crippen LogP contribution >= 0.6 is 61.2 Å². The molecule has 0 saturated carbocycles. The first-order valence-corrected chi connectivity index (χ1v) is 16.5. The normalized spacial score (nSPS) is 14.8. The van der Waals surface area contributed by atoms with Crippen LogP contribution in [0.2, 0.25) is 0 Å². The summed E-state index contributed by atoms with van der Waals surface area (Å²) in [6, 6.07) is 16.2. The van der Waals surface area contributed by atoms with Gasteiger partial charge in [-0.05, 0) is 66.1 Å². The van der Waals surface area contributed by atoms with Gasteiger partial charge in [-0.15, -0.1) is 11.3 Å². The van der Waals surface area contributed by atoms with E-state index in [-0.39, 0.29) is 25.4 Å². The van der Waals surface area contributed by atoms with Gasteiger partial charge in [0.2, 0.25) is 0 Å². The van der Waals surface area contributed by atoms with Crippen molar-refractivity contribution in [2.45, 2.75) is 19.9 Å². The molecule has 0 aliphatic carbocycles. The van der Waals surface area contributed by atoms with E-state index in [4.69, 9.17) is 19.2 Å². The van der Waals surface area contributed by atoms with E-state index in [0.29, 0.717) is 31.9 Å². The van der Waals surface area contributed by atoms with Gasteiger partial charge in [-0.3, -0.25) is 9.36 Å². The average molecular weight is 779 g/mol. The Morgan fingerprint density at radius 1 is 1.10 bits per heavy atom. The molecule has 0 amide bonds. The number of carbonyl (C=O) groups excluding carboxylic acids is 2. The lowest BCUT2D eigenvalue weighted by Crippen LogP contribution is -2.39. The van der Waals surface area contributed by atoms with Crippen molar-refractivity contribution in [3.05, 3.63) is 109 Å². The maximum atomic E-state index is 14.1. The number of rotatable bonds is 9. The van der Waals surface area contributed by atoms with Crippen molar-refractivity contribution in [2.24, 2.45) is 4.99 Å². The fourth-order valence-corrected chi connectivity index (χ4v) is 7.99. The van der Waals surface area contributed by atoms with Crippen LogP contribution in [0.1, 0.15) is 35.9 Å². The van der Waals surface area contributed by atoms with E-state index >= 15 is 0 Å². The summed E-state index contributed by atoms with van der Waals surface area (Å²) in [6.45, 7) is 3.64. The average Bonchev–Trinajstić information content (AvgIpc) is 3.61. The lowest BCUT2D eigenvalue weighted by atomic mass is 9.97. The molecular weight excluding hydrogens is 755 g/mol. The van der Waals surface area contributed by atoms with Crippen LogP contribution in [0.15, 0.2) is 79.8 Å². The smallest absolute Gasteiger partial charge is 0.344 e. The Labute approximate surface area is 271 Å². The van der Waals surface area contributed by atoms with E-state index in [0.717, 1.165) is 18.5 Å². The Morgan fingerprint density at radius 2 is 1.86 bits per heavy atom. The summed E-state index contributed by atoms with van der Waals surface area (Å²) in [7, 11) is 0. The fourth-order valence-electron chi connectivity index (χ4n) is 4.47. The molecule has 0 unspecified atom stereocenters. The Balaban J connectivity index is 1.73.